The van der Waals surface area contributed by atoms with Crippen LogP contribution >= 0.6 is 0 Å². The van der Waals surface area contributed by atoms with Crippen LogP contribution in [0.15, 0.2) is 12.1 Å². The molecule has 4 rings (SSSR count). The zero-order valence-electron chi connectivity index (χ0n) is 13.8. The molecule has 0 aliphatic carbocycles. The summed E-state index contributed by atoms with van der Waals surface area (Å²) < 4.78 is 6.99. The highest BCUT2D eigenvalue weighted by Gasteiger charge is 2.33. The Balaban J connectivity index is 1.48. The monoisotopic (exact) mass is 330 g/mol. The molecule has 0 radical (unpaired) electrons. The maximum Gasteiger partial charge on any atom is 0.237 e. The van der Waals surface area contributed by atoms with Crippen molar-refractivity contribution in [3.05, 3.63) is 18.0 Å². The summed E-state index contributed by atoms with van der Waals surface area (Å²) >= 11 is 0. The molecule has 0 aromatic carbocycles. The summed E-state index contributed by atoms with van der Waals surface area (Å²) in [5.41, 5.74) is 0.736. The van der Waals surface area contributed by atoms with Gasteiger partial charge in [-0.05, 0) is 44.8 Å². The van der Waals surface area contributed by atoms with Gasteiger partial charge < -0.3 is 10.1 Å². The number of hydrogen-bond donors (Lipinski definition) is 1. The van der Waals surface area contributed by atoms with E-state index in [-0.39, 0.29) is 11.9 Å². The highest BCUT2D eigenvalue weighted by atomic mass is 16.5. The molecule has 1 atom stereocenters. The van der Waals surface area contributed by atoms with E-state index in [1.165, 1.54) is 0 Å². The van der Waals surface area contributed by atoms with E-state index in [1.54, 1.807) is 17.7 Å². The third-order valence-electron chi connectivity index (χ3n) is 5.06. The van der Waals surface area contributed by atoms with E-state index >= 15 is 0 Å². The van der Waals surface area contributed by atoms with Gasteiger partial charge in [0.05, 0.1) is 13.2 Å². The summed E-state index contributed by atoms with van der Waals surface area (Å²) in [5, 5.41) is 16.0. The Labute approximate surface area is 140 Å². The van der Waals surface area contributed by atoms with Crippen molar-refractivity contribution in [2.75, 3.05) is 26.7 Å². The first-order chi connectivity index (χ1) is 11.8. The van der Waals surface area contributed by atoms with Gasteiger partial charge in [-0.15, -0.1) is 15.3 Å². The lowest BCUT2D eigenvalue weighted by atomic mass is 9.93. The maximum absolute atomic E-state index is 12.0. The Bertz CT molecular complexity index is 737. The second-order valence-corrected chi connectivity index (χ2v) is 6.46. The zero-order chi connectivity index (χ0) is 16.5. The van der Waals surface area contributed by atoms with Crippen molar-refractivity contribution in [2.45, 2.75) is 37.6 Å². The summed E-state index contributed by atoms with van der Waals surface area (Å²) in [6.45, 7) is 2.62. The minimum atomic E-state index is 0.0352. The minimum Gasteiger partial charge on any atom is -0.480 e. The molecule has 0 saturated carbocycles. The van der Waals surface area contributed by atoms with Gasteiger partial charge in [0, 0.05) is 18.5 Å². The van der Waals surface area contributed by atoms with E-state index in [2.05, 4.69) is 25.5 Å². The molecule has 2 fully saturated rings. The molecule has 2 aromatic heterocycles. The number of amides is 1. The smallest absolute Gasteiger partial charge is 0.237 e. The normalized spacial score (nSPS) is 23.4. The lowest BCUT2D eigenvalue weighted by Gasteiger charge is -2.37. The average Bonchev–Trinajstić information content (AvgIpc) is 3.05. The number of likely N-dealkylation sites (tertiary alicyclic amines) is 1. The highest BCUT2D eigenvalue weighted by molar-refractivity contribution is 5.82. The van der Waals surface area contributed by atoms with Crippen LogP contribution in [0.25, 0.3) is 5.65 Å². The van der Waals surface area contributed by atoms with E-state index in [0.29, 0.717) is 11.8 Å². The Hall–Kier alpha value is -2.22. The Morgan fingerprint density at radius 2 is 2.04 bits per heavy atom. The van der Waals surface area contributed by atoms with E-state index in [1.807, 2.05) is 6.07 Å². The van der Waals surface area contributed by atoms with Crippen LogP contribution in [0, 0.1) is 0 Å². The van der Waals surface area contributed by atoms with Crippen LogP contribution in [0.5, 0.6) is 5.88 Å². The van der Waals surface area contributed by atoms with E-state index in [9.17, 15) is 4.79 Å². The molecule has 1 N–H and O–H groups in total. The number of aromatic nitrogens is 4. The van der Waals surface area contributed by atoms with Crippen molar-refractivity contribution in [1.82, 2.24) is 30.0 Å². The number of methoxy groups -OCH3 is 1. The predicted molar refractivity (Wildman–Crippen MR) is 86.9 cm³/mol. The first-order valence-electron chi connectivity index (χ1n) is 8.54. The molecular formula is C16H22N6O2. The first kappa shape index (κ1) is 15.3. The van der Waals surface area contributed by atoms with Gasteiger partial charge in [-0.2, -0.15) is 4.52 Å². The van der Waals surface area contributed by atoms with Crippen molar-refractivity contribution in [1.29, 1.82) is 0 Å². The molecule has 2 aliphatic heterocycles. The second kappa shape index (κ2) is 6.35. The highest BCUT2D eigenvalue weighted by Crippen LogP contribution is 2.29. The molecule has 1 amide bonds. The van der Waals surface area contributed by atoms with Crippen LogP contribution in [0.2, 0.25) is 0 Å². The van der Waals surface area contributed by atoms with Gasteiger partial charge >= 0.3 is 0 Å². The summed E-state index contributed by atoms with van der Waals surface area (Å²) in [4.78, 5) is 14.4. The van der Waals surface area contributed by atoms with Crippen LogP contribution in [-0.2, 0) is 4.79 Å². The van der Waals surface area contributed by atoms with Crippen molar-refractivity contribution < 1.29 is 9.53 Å². The molecule has 128 valence electrons. The zero-order valence-corrected chi connectivity index (χ0v) is 13.8. The van der Waals surface area contributed by atoms with Gasteiger partial charge in [-0.3, -0.25) is 9.69 Å². The number of hydrogen-bond acceptors (Lipinski definition) is 6. The molecule has 0 spiro atoms. The van der Waals surface area contributed by atoms with Crippen LogP contribution < -0.4 is 10.1 Å². The molecule has 8 nitrogen and oxygen atoms in total. The quantitative estimate of drug-likeness (QED) is 0.887. The van der Waals surface area contributed by atoms with Crippen molar-refractivity contribution >= 4 is 11.6 Å². The maximum atomic E-state index is 12.0. The fourth-order valence-corrected chi connectivity index (χ4v) is 3.73. The number of carbonyl (C=O) groups is 1. The van der Waals surface area contributed by atoms with Gasteiger partial charge in [-0.25, -0.2) is 0 Å². The summed E-state index contributed by atoms with van der Waals surface area (Å²) in [7, 11) is 1.60. The van der Waals surface area contributed by atoms with Gasteiger partial charge in [0.25, 0.3) is 0 Å². The SMILES string of the molecule is COc1ccc2nnc(C3CCN(C4CCCNC4=O)CC3)n2n1. The van der Waals surface area contributed by atoms with Crippen LogP contribution in [0.1, 0.15) is 37.4 Å². The van der Waals surface area contributed by atoms with Gasteiger partial charge in [0.1, 0.15) is 0 Å². The van der Waals surface area contributed by atoms with Crippen molar-refractivity contribution in [3.8, 4) is 5.88 Å². The Morgan fingerprint density at radius 3 is 2.79 bits per heavy atom. The fourth-order valence-electron chi connectivity index (χ4n) is 3.73. The van der Waals surface area contributed by atoms with Crippen LogP contribution in [0.3, 0.4) is 0 Å². The number of nitrogens with zero attached hydrogens (tertiary/aromatic N) is 5. The lowest BCUT2D eigenvalue weighted by molar-refractivity contribution is -0.128. The molecule has 8 heteroatoms. The molecular weight excluding hydrogens is 308 g/mol. The average molecular weight is 330 g/mol. The lowest BCUT2D eigenvalue weighted by Crippen LogP contribution is -2.52. The molecule has 4 heterocycles. The summed E-state index contributed by atoms with van der Waals surface area (Å²) in [6.07, 6.45) is 3.95. The van der Waals surface area contributed by atoms with Gasteiger partial charge in [0.15, 0.2) is 11.5 Å². The third-order valence-corrected chi connectivity index (χ3v) is 5.06. The first-order valence-corrected chi connectivity index (χ1v) is 8.54. The standard InChI is InChI=1S/C16H22N6O2/c1-24-14-5-4-13-18-19-15(22(13)20-14)11-6-9-21(10-7-11)12-3-2-8-17-16(12)23/h4-5,11-12H,2-3,6-10H2,1H3,(H,17,23). The number of rotatable bonds is 3. The van der Waals surface area contributed by atoms with Gasteiger partial charge in [0.2, 0.25) is 11.8 Å². The Morgan fingerprint density at radius 1 is 1.21 bits per heavy atom. The van der Waals surface area contributed by atoms with E-state index in [4.69, 9.17) is 4.74 Å². The van der Waals surface area contributed by atoms with Crippen molar-refractivity contribution in [3.63, 3.8) is 0 Å². The van der Waals surface area contributed by atoms with Gasteiger partial charge in [-0.1, -0.05) is 0 Å². The minimum absolute atomic E-state index is 0.0352. The number of carbonyl (C=O) groups excluding carboxylic acids is 1. The summed E-state index contributed by atoms with van der Waals surface area (Å²) in [5.74, 6) is 1.93. The largest absolute Gasteiger partial charge is 0.480 e. The molecule has 0 bridgehead atoms. The number of piperidine rings is 2. The van der Waals surface area contributed by atoms with Crippen molar-refractivity contribution in [2.24, 2.45) is 0 Å². The fraction of sp³-hybridized carbons (Fsp3) is 0.625. The van der Waals surface area contributed by atoms with E-state index < -0.39 is 0 Å². The number of nitrogens with one attached hydrogen (secondary N) is 1. The predicted octanol–water partition coefficient (Wildman–Crippen LogP) is 0.591. The molecule has 2 aliphatic rings. The number of ether oxygens (including phenoxy) is 1. The third kappa shape index (κ3) is 2.71. The van der Waals surface area contributed by atoms with Crippen LogP contribution in [-0.4, -0.2) is 63.4 Å². The van der Waals surface area contributed by atoms with E-state index in [0.717, 1.165) is 56.8 Å². The topological polar surface area (TPSA) is 84.7 Å². The Kier molecular flexibility index (Phi) is 4.05. The van der Waals surface area contributed by atoms with Crippen LogP contribution in [0.4, 0.5) is 0 Å². The molecule has 2 saturated heterocycles. The molecule has 2 aromatic rings. The second-order valence-electron chi connectivity index (χ2n) is 6.46. The molecule has 1 unspecified atom stereocenters. The molecule has 24 heavy (non-hydrogen) atoms. The summed E-state index contributed by atoms with van der Waals surface area (Å²) in [6, 6.07) is 3.69. The number of fused-ring (bicyclic) bond motifs is 1.